The molecule has 0 atom stereocenters. The van der Waals surface area contributed by atoms with Crippen molar-refractivity contribution < 1.29 is 22.7 Å². The number of aromatic nitrogens is 3. The third-order valence-corrected chi connectivity index (χ3v) is 7.46. The maximum atomic E-state index is 13.9. The number of alkyl halides is 3. The molecule has 4 aromatic rings. The van der Waals surface area contributed by atoms with Crippen molar-refractivity contribution in [2.24, 2.45) is 7.05 Å². The SMILES string of the molecule is Cn1nc(N)c2c(-c3ccc(NC(=O)Nc4ccc(CN5CCOCC5)c(C(F)(F)F)c4)cc3)cc(C3CC3)nc21. The molecule has 0 unspecified atom stereocenters. The van der Waals surface area contributed by atoms with Gasteiger partial charge in [0, 0.05) is 49.7 Å². The Hall–Kier alpha value is -4.16. The van der Waals surface area contributed by atoms with Gasteiger partial charge in [-0.3, -0.25) is 4.90 Å². The topological polar surface area (TPSA) is 110 Å². The van der Waals surface area contributed by atoms with E-state index in [9.17, 15) is 18.0 Å². The Morgan fingerprint density at radius 1 is 1.05 bits per heavy atom. The number of amides is 2. The number of urea groups is 1. The Bertz CT molecular complexity index is 1590. The number of carbonyl (C=O) groups excluding carboxylic acids is 1. The zero-order valence-corrected chi connectivity index (χ0v) is 22.5. The molecule has 0 bridgehead atoms. The number of nitrogens with zero attached hydrogens (tertiary/aromatic N) is 4. The fourth-order valence-electron chi connectivity index (χ4n) is 5.20. The van der Waals surface area contributed by atoms with Crippen LogP contribution in [0.1, 0.15) is 35.6 Å². The smallest absolute Gasteiger partial charge is 0.382 e. The molecule has 41 heavy (non-hydrogen) atoms. The van der Waals surface area contributed by atoms with Crippen LogP contribution in [0.4, 0.5) is 35.2 Å². The van der Waals surface area contributed by atoms with Gasteiger partial charge in [-0.2, -0.15) is 18.3 Å². The summed E-state index contributed by atoms with van der Waals surface area (Å²) in [5.74, 6) is 0.827. The molecule has 2 amide bonds. The predicted octanol–water partition coefficient (Wildman–Crippen LogP) is 5.59. The number of nitrogens with one attached hydrogen (secondary N) is 2. The summed E-state index contributed by atoms with van der Waals surface area (Å²) in [6, 6.07) is 12.5. The number of ether oxygens (including phenoxy) is 1. The number of aryl methyl sites for hydroxylation is 1. The number of pyridine rings is 1. The number of carbonyl (C=O) groups is 1. The minimum absolute atomic E-state index is 0.0519. The minimum Gasteiger partial charge on any atom is -0.382 e. The van der Waals surface area contributed by atoms with E-state index in [2.05, 4.69) is 15.7 Å². The minimum atomic E-state index is -4.55. The molecule has 1 aliphatic heterocycles. The Morgan fingerprint density at radius 3 is 2.41 bits per heavy atom. The van der Waals surface area contributed by atoms with E-state index in [4.69, 9.17) is 15.5 Å². The van der Waals surface area contributed by atoms with Crippen molar-refractivity contribution in [1.29, 1.82) is 0 Å². The largest absolute Gasteiger partial charge is 0.416 e. The molecular weight excluding hydrogens is 535 g/mol. The molecule has 1 aliphatic carbocycles. The number of benzene rings is 2. The molecule has 1 saturated heterocycles. The van der Waals surface area contributed by atoms with Gasteiger partial charge in [-0.05, 0) is 59.9 Å². The van der Waals surface area contributed by atoms with Crippen LogP contribution >= 0.6 is 0 Å². The number of hydrogen-bond acceptors (Lipinski definition) is 6. The lowest BCUT2D eigenvalue weighted by molar-refractivity contribution is -0.138. The highest BCUT2D eigenvalue weighted by atomic mass is 19.4. The standard InChI is InChI=1S/C29H30F3N7O2/c1-38-27-25(26(33)37-38)22(15-24(36-27)18-2-3-18)17-4-7-20(8-5-17)34-28(40)35-21-9-6-19(23(14-21)29(30,31)32)16-39-10-12-41-13-11-39/h4-9,14-15,18H,2-3,10-13,16H2,1H3,(H2,33,37)(H2,34,35,40). The van der Waals surface area contributed by atoms with Gasteiger partial charge in [0.25, 0.3) is 0 Å². The lowest BCUT2D eigenvalue weighted by Crippen LogP contribution is -2.36. The summed E-state index contributed by atoms with van der Waals surface area (Å²) < 4.78 is 48.5. The Balaban J connectivity index is 1.18. The average Bonchev–Trinajstić information content (AvgIpc) is 3.75. The summed E-state index contributed by atoms with van der Waals surface area (Å²) in [6.07, 6.45) is -2.35. The molecule has 2 aromatic heterocycles. The first-order chi connectivity index (χ1) is 19.7. The van der Waals surface area contributed by atoms with Crippen molar-refractivity contribution >= 4 is 34.3 Å². The highest BCUT2D eigenvalue weighted by Gasteiger charge is 2.34. The Morgan fingerprint density at radius 2 is 1.73 bits per heavy atom. The van der Waals surface area contributed by atoms with Crippen LogP contribution in [0, 0.1) is 0 Å². The molecule has 2 aliphatic rings. The van der Waals surface area contributed by atoms with Crippen molar-refractivity contribution in [2.45, 2.75) is 31.5 Å². The first-order valence-corrected chi connectivity index (χ1v) is 13.5. The van der Waals surface area contributed by atoms with E-state index in [0.29, 0.717) is 43.7 Å². The van der Waals surface area contributed by atoms with Gasteiger partial charge in [0.2, 0.25) is 0 Å². The molecule has 1 saturated carbocycles. The van der Waals surface area contributed by atoms with Gasteiger partial charge in [0.1, 0.15) is 0 Å². The summed E-state index contributed by atoms with van der Waals surface area (Å²) in [7, 11) is 1.81. The summed E-state index contributed by atoms with van der Waals surface area (Å²) in [5, 5.41) is 10.3. The molecule has 2 aromatic carbocycles. The van der Waals surface area contributed by atoms with Gasteiger partial charge in [0.15, 0.2) is 11.5 Å². The third-order valence-electron chi connectivity index (χ3n) is 7.46. The van der Waals surface area contributed by atoms with Crippen LogP contribution in [0.2, 0.25) is 0 Å². The zero-order chi connectivity index (χ0) is 28.7. The van der Waals surface area contributed by atoms with Gasteiger partial charge in [-0.1, -0.05) is 18.2 Å². The number of fused-ring (bicyclic) bond motifs is 1. The van der Waals surface area contributed by atoms with Gasteiger partial charge < -0.3 is 21.1 Å². The van der Waals surface area contributed by atoms with E-state index in [1.807, 2.05) is 30.1 Å². The van der Waals surface area contributed by atoms with Crippen molar-refractivity contribution in [3.8, 4) is 11.1 Å². The molecule has 0 spiro atoms. The van der Waals surface area contributed by atoms with E-state index in [-0.39, 0.29) is 17.8 Å². The van der Waals surface area contributed by atoms with Crippen LogP contribution in [0.5, 0.6) is 0 Å². The maximum absolute atomic E-state index is 13.9. The molecular formula is C29H30F3N7O2. The highest BCUT2D eigenvalue weighted by Crippen LogP contribution is 2.42. The fraction of sp³-hybridized carbons (Fsp3) is 0.345. The monoisotopic (exact) mass is 565 g/mol. The van der Waals surface area contributed by atoms with E-state index < -0.39 is 17.8 Å². The molecule has 4 N–H and O–H groups in total. The van der Waals surface area contributed by atoms with Gasteiger partial charge in [-0.25, -0.2) is 14.5 Å². The van der Waals surface area contributed by atoms with E-state index in [1.54, 1.807) is 16.8 Å². The maximum Gasteiger partial charge on any atom is 0.416 e. The first-order valence-electron chi connectivity index (χ1n) is 13.5. The highest BCUT2D eigenvalue weighted by molar-refractivity contribution is 6.02. The summed E-state index contributed by atoms with van der Waals surface area (Å²) in [4.78, 5) is 19.4. The van der Waals surface area contributed by atoms with Crippen LogP contribution in [0.25, 0.3) is 22.2 Å². The second kappa shape index (κ2) is 10.7. The van der Waals surface area contributed by atoms with Crippen molar-refractivity contribution in [2.75, 3.05) is 42.7 Å². The molecule has 6 rings (SSSR count). The number of halogens is 3. The third kappa shape index (κ3) is 5.84. The normalized spacial score (nSPS) is 16.2. The molecule has 3 heterocycles. The van der Waals surface area contributed by atoms with Crippen LogP contribution in [-0.4, -0.2) is 52.0 Å². The van der Waals surface area contributed by atoms with Crippen LogP contribution in [0.3, 0.4) is 0 Å². The lowest BCUT2D eigenvalue weighted by atomic mass is 10.0. The number of nitrogens with two attached hydrogens (primary N) is 1. The Kier molecular flexibility index (Phi) is 7.04. The van der Waals surface area contributed by atoms with E-state index in [0.717, 1.165) is 46.8 Å². The van der Waals surface area contributed by atoms with Crippen LogP contribution in [-0.2, 0) is 24.5 Å². The number of morpholine rings is 1. The fourth-order valence-corrected chi connectivity index (χ4v) is 5.20. The summed E-state index contributed by atoms with van der Waals surface area (Å²) in [5.41, 5.74) is 9.65. The Labute approximate surface area is 234 Å². The van der Waals surface area contributed by atoms with Crippen LogP contribution in [0.15, 0.2) is 48.5 Å². The number of anilines is 3. The second-order valence-corrected chi connectivity index (χ2v) is 10.5. The van der Waals surface area contributed by atoms with Crippen LogP contribution < -0.4 is 16.4 Å². The van der Waals surface area contributed by atoms with Gasteiger partial charge >= 0.3 is 12.2 Å². The van der Waals surface area contributed by atoms with Gasteiger partial charge in [0.05, 0.1) is 24.2 Å². The second-order valence-electron chi connectivity index (χ2n) is 10.5. The number of hydrogen-bond donors (Lipinski definition) is 3. The zero-order valence-electron chi connectivity index (χ0n) is 22.5. The summed E-state index contributed by atoms with van der Waals surface area (Å²) in [6.45, 7) is 2.29. The number of nitrogen functional groups attached to an aromatic ring is 1. The van der Waals surface area contributed by atoms with E-state index in [1.165, 1.54) is 12.1 Å². The predicted molar refractivity (Wildman–Crippen MR) is 151 cm³/mol. The number of rotatable bonds is 6. The van der Waals surface area contributed by atoms with Crippen molar-refractivity contribution in [3.63, 3.8) is 0 Å². The molecule has 12 heteroatoms. The van der Waals surface area contributed by atoms with Crippen molar-refractivity contribution in [1.82, 2.24) is 19.7 Å². The quantitative estimate of drug-likeness (QED) is 0.281. The molecule has 0 radical (unpaired) electrons. The lowest BCUT2D eigenvalue weighted by Gasteiger charge is -2.27. The van der Waals surface area contributed by atoms with Crippen molar-refractivity contribution in [3.05, 3.63) is 65.4 Å². The molecule has 9 nitrogen and oxygen atoms in total. The summed E-state index contributed by atoms with van der Waals surface area (Å²) >= 11 is 0. The average molecular weight is 566 g/mol. The molecule has 214 valence electrons. The van der Waals surface area contributed by atoms with E-state index >= 15 is 0 Å². The van der Waals surface area contributed by atoms with Gasteiger partial charge in [-0.15, -0.1) is 0 Å². The first kappa shape index (κ1) is 27.0. The molecule has 2 fully saturated rings.